The molecule has 1 aliphatic rings. The summed E-state index contributed by atoms with van der Waals surface area (Å²) in [5, 5.41) is 6.89. The molecular weight excluding hydrogens is 318 g/mol. The topological polar surface area (TPSA) is 53.5 Å². The molecule has 3 atom stereocenters. The van der Waals surface area contributed by atoms with Crippen LogP contribution in [0.3, 0.4) is 0 Å². The molecule has 0 bridgehead atoms. The third kappa shape index (κ3) is 6.27. The lowest BCUT2D eigenvalue weighted by Crippen LogP contribution is -2.45. The van der Waals surface area contributed by atoms with E-state index in [1.54, 1.807) is 0 Å². The van der Waals surface area contributed by atoms with Crippen molar-refractivity contribution in [1.29, 1.82) is 0 Å². The zero-order valence-electron chi connectivity index (χ0n) is 15.0. The average Bonchev–Trinajstić information content (AvgIpc) is 2.62. The number of nitrogens with one attached hydrogen (secondary N) is 2. The Hall–Kier alpha value is -1.36. The second-order valence-corrected chi connectivity index (χ2v) is 7.98. The van der Waals surface area contributed by atoms with Crippen molar-refractivity contribution in [3.63, 3.8) is 0 Å². The molecule has 1 aliphatic carbocycles. The van der Waals surface area contributed by atoms with Gasteiger partial charge < -0.3 is 10.6 Å². The summed E-state index contributed by atoms with van der Waals surface area (Å²) in [5.74, 6) is 2.26. The molecule has 0 radical (unpaired) electrons. The minimum absolute atomic E-state index is 0.515. The van der Waals surface area contributed by atoms with Gasteiger partial charge in [0.2, 0.25) is 0 Å². The number of benzene rings is 1. The number of aliphatic imine (C=N–C) groups is 1. The van der Waals surface area contributed by atoms with E-state index in [0.717, 1.165) is 23.3 Å². The van der Waals surface area contributed by atoms with Gasteiger partial charge in [0.25, 0.3) is 0 Å². The first-order chi connectivity index (χ1) is 11.7. The lowest BCUT2D eigenvalue weighted by molar-refractivity contribution is 0.298. The lowest BCUT2D eigenvalue weighted by Gasteiger charge is -2.30. The summed E-state index contributed by atoms with van der Waals surface area (Å²) in [4.78, 5) is 5.50. The largest absolute Gasteiger partial charge is 0.357 e. The summed E-state index contributed by atoms with van der Waals surface area (Å²) in [7, 11) is -0.980. The van der Waals surface area contributed by atoms with E-state index in [-0.39, 0.29) is 0 Å². The highest BCUT2D eigenvalue weighted by Gasteiger charge is 2.21. The smallest absolute Gasteiger partial charge is 0.191 e. The Balaban J connectivity index is 1.85. The predicted molar refractivity (Wildman–Crippen MR) is 103 cm³/mol. The number of rotatable bonds is 7. The van der Waals surface area contributed by atoms with Gasteiger partial charge in [-0.3, -0.25) is 9.20 Å². The van der Waals surface area contributed by atoms with E-state index in [9.17, 15) is 4.21 Å². The van der Waals surface area contributed by atoms with Crippen LogP contribution in [-0.4, -0.2) is 35.1 Å². The number of guanidine groups is 1. The van der Waals surface area contributed by atoms with Crippen LogP contribution in [-0.2, 0) is 10.8 Å². The zero-order valence-corrected chi connectivity index (χ0v) is 15.8. The predicted octanol–water partition coefficient (Wildman–Crippen LogP) is 3.32. The maximum atomic E-state index is 12.3. The van der Waals surface area contributed by atoms with Crippen LogP contribution in [0.2, 0.25) is 0 Å². The van der Waals surface area contributed by atoms with Gasteiger partial charge in [0.1, 0.15) is 0 Å². The van der Waals surface area contributed by atoms with Crippen LogP contribution < -0.4 is 10.6 Å². The van der Waals surface area contributed by atoms with Gasteiger partial charge in [-0.2, -0.15) is 0 Å². The average molecular weight is 350 g/mol. The quantitative estimate of drug-likeness (QED) is 0.586. The highest BCUT2D eigenvalue weighted by molar-refractivity contribution is 7.85. The van der Waals surface area contributed by atoms with Gasteiger partial charge in [0, 0.05) is 23.2 Å². The SMILES string of the molecule is CCNC(=NCCS(=O)c1ccccc1)NC1CCCC(CC)C1. The van der Waals surface area contributed by atoms with Gasteiger partial charge in [-0.15, -0.1) is 0 Å². The number of hydrogen-bond acceptors (Lipinski definition) is 2. The van der Waals surface area contributed by atoms with Crippen molar-refractivity contribution in [3.8, 4) is 0 Å². The Labute approximate surface area is 149 Å². The Morgan fingerprint density at radius 1 is 1.25 bits per heavy atom. The molecule has 4 nitrogen and oxygen atoms in total. The van der Waals surface area contributed by atoms with Crippen molar-refractivity contribution >= 4 is 16.8 Å². The first-order valence-electron chi connectivity index (χ1n) is 9.21. The van der Waals surface area contributed by atoms with Crippen LogP contribution in [0.15, 0.2) is 40.2 Å². The summed E-state index contributed by atoms with van der Waals surface area (Å²) >= 11 is 0. The fourth-order valence-corrected chi connectivity index (χ4v) is 4.19. The van der Waals surface area contributed by atoms with E-state index in [1.165, 1.54) is 32.1 Å². The summed E-state index contributed by atoms with van der Waals surface area (Å²) in [6.07, 6.45) is 6.38. The maximum absolute atomic E-state index is 12.3. The van der Waals surface area contributed by atoms with Crippen LogP contribution in [0.4, 0.5) is 0 Å². The van der Waals surface area contributed by atoms with E-state index in [4.69, 9.17) is 0 Å². The van der Waals surface area contributed by atoms with Gasteiger partial charge >= 0.3 is 0 Å². The Morgan fingerprint density at radius 2 is 2.04 bits per heavy atom. The van der Waals surface area contributed by atoms with E-state index in [2.05, 4.69) is 29.5 Å². The van der Waals surface area contributed by atoms with Crippen molar-refractivity contribution in [2.24, 2.45) is 10.9 Å². The standard InChI is InChI=1S/C19H31N3OS/c1-3-16-9-8-10-17(15-16)22-19(20-4-2)21-13-14-24(23)18-11-6-5-7-12-18/h5-7,11-12,16-17H,3-4,8-10,13-15H2,1-2H3,(H2,20,21,22). The molecule has 3 unspecified atom stereocenters. The van der Waals surface area contributed by atoms with E-state index < -0.39 is 10.8 Å². The Morgan fingerprint density at radius 3 is 2.75 bits per heavy atom. The Bertz CT molecular complexity index is 533. The van der Waals surface area contributed by atoms with Crippen LogP contribution in [0.25, 0.3) is 0 Å². The lowest BCUT2D eigenvalue weighted by atomic mass is 9.84. The van der Waals surface area contributed by atoms with Crippen molar-refractivity contribution < 1.29 is 4.21 Å². The zero-order chi connectivity index (χ0) is 17.2. The molecule has 2 N–H and O–H groups in total. The van der Waals surface area contributed by atoms with E-state index in [1.807, 2.05) is 30.3 Å². The molecule has 1 saturated carbocycles. The minimum Gasteiger partial charge on any atom is -0.357 e. The van der Waals surface area contributed by atoms with Crippen LogP contribution in [0.1, 0.15) is 46.0 Å². The van der Waals surface area contributed by atoms with Crippen molar-refractivity contribution in [3.05, 3.63) is 30.3 Å². The highest BCUT2D eigenvalue weighted by atomic mass is 32.2. The molecule has 0 spiro atoms. The molecular formula is C19H31N3OS. The monoisotopic (exact) mass is 349 g/mol. The molecule has 5 heteroatoms. The maximum Gasteiger partial charge on any atom is 0.191 e. The van der Waals surface area contributed by atoms with Crippen LogP contribution in [0.5, 0.6) is 0 Å². The molecule has 0 aromatic heterocycles. The summed E-state index contributed by atoms with van der Waals surface area (Å²) in [5.41, 5.74) is 0. The highest BCUT2D eigenvalue weighted by Crippen LogP contribution is 2.26. The summed E-state index contributed by atoms with van der Waals surface area (Å²) in [6.45, 7) is 5.78. The third-order valence-electron chi connectivity index (χ3n) is 4.60. The van der Waals surface area contributed by atoms with Crippen LogP contribution >= 0.6 is 0 Å². The molecule has 0 aliphatic heterocycles. The third-order valence-corrected chi connectivity index (χ3v) is 5.95. The second-order valence-electron chi connectivity index (χ2n) is 6.41. The molecule has 2 rings (SSSR count). The van der Waals surface area contributed by atoms with Gasteiger partial charge in [0.15, 0.2) is 5.96 Å². The van der Waals surface area contributed by atoms with Crippen molar-refractivity contribution in [2.75, 3.05) is 18.8 Å². The van der Waals surface area contributed by atoms with Gasteiger partial charge in [-0.25, -0.2) is 0 Å². The van der Waals surface area contributed by atoms with Gasteiger partial charge in [-0.1, -0.05) is 44.4 Å². The van der Waals surface area contributed by atoms with E-state index in [0.29, 0.717) is 18.3 Å². The Kier molecular flexibility index (Phi) is 8.29. The number of nitrogens with zero attached hydrogens (tertiary/aromatic N) is 1. The van der Waals surface area contributed by atoms with E-state index >= 15 is 0 Å². The van der Waals surface area contributed by atoms with Crippen LogP contribution in [0, 0.1) is 5.92 Å². The number of hydrogen-bond donors (Lipinski definition) is 2. The molecule has 0 heterocycles. The molecule has 134 valence electrons. The molecule has 0 saturated heterocycles. The summed E-state index contributed by atoms with van der Waals surface area (Å²) in [6, 6.07) is 10.1. The molecule has 1 aromatic rings. The minimum atomic E-state index is -0.980. The molecule has 1 aromatic carbocycles. The second kappa shape index (κ2) is 10.5. The molecule has 0 amide bonds. The normalized spacial score (nSPS) is 22.8. The molecule has 1 fully saturated rings. The van der Waals surface area contributed by atoms with Gasteiger partial charge in [0.05, 0.1) is 17.3 Å². The fraction of sp³-hybridized carbons (Fsp3) is 0.632. The van der Waals surface area contributed by atoms with Gasteiger partial charge in [-0.05, 0) is 37.8 Å². The first kappa shape index (κ1) is 19.0. The first-order valence-corrected chi connectivity index (χ1v) is 10.5. The summed E-state index contributed by atoms with van der Waals surface area (Å²) < 4.78 is 12.3. The fourth-order valence-electron chi connectivity index (χ4n) is 3.24. The molecule has 24 heavy (non-hydrogen) atoms. The van der Waals surface area contributed by atoms with Crippen molar-refractivity contribution in [2.45, 2.75) is 56.9 Å². The van der Waals surface area contributed by atoms with Crippen molar-refractivity contribution in [1.82, 2.24) is 10.6 Å².